The largest absolute Gasteiger partial charge is 0.417 e. The first-order chi connectivity index (χ1) is 9.97. The van der Waals surface area contributed by atoms with Gasteiger partial charge in [0.15, 0.2) is 5.58 Å². The first kappa shape index (κ1) is 15.3. The molecule has 114 valence electrons. The third-order valence-electron chi connectivity index (χ3n) is 3.31. The number of benzene rings is 1. The van der Waals surface area contributed by atoms with Gasteiger partial charge in [-0.25, -0.2) is 4.79 Å². The number of aromatic amines is 1. The van der Waals surface area contributed by atoms with E-state index in [0.717, 1.165) is 6.42 Å². The van der Waals surface area contributed by atoms with Crippen LogP contribution in [0, 0.1) is 11.8 Å². The molecule has 1 unspecified atom stereocenters. The van der Waals surface area contributed by atoms with Gasteiger partial charge in [-0.3, -0.25) is 9.78 Å². The second-order valence-electron chi connectivity index (χ2n) is 5.71. The molecule has 21 heavy (non-hydrogen) atoms. The topological polar surface area (TPSA) is 101 Å². The van der Waals surface area contributed by atoms with Crippen LogP contribution >= 0.6 is 0 Å². The molecule has 2 aromatic rings. The zero-order valence-corrected chi connectivity index (χ0v) is 12.3. The number of nitrogens with two attached hydrogens (primary N) is 1. The van der Waals surface area contributed by atoms with Crippen LogP contribution in [0.1, 0.15) is 26.7 Å². The Morgan fingerprint density at radius 2 is 2.19 bits per heavy atom. The second kappa shape index (κ2) is 6.58. The number of carbonyl (C=O) groups excluding carboxylic acids is 1. The van der Waals surface area contributed by atoms with Gasteiger partial charge in [0.1, 0.15) is 0 Å². The Morgan fingerprint density at radius 3 is 2.86 bits per heavy atom. The molecular formula is C15H21N3O3. The van der Waals surface area contributed by atoms with Crippen LogP contribution in [0.25, 0.3) is 11.1 Å². The molecule has 0 saturated carbocycles. The van der Waals surface area contributed by atoms with Gasteiger partial charge in [-0.05, 0) is 43.0 Å². The van der Waals surface area contributed by atoms with Crippen LogP contribution in [0.2, 0.25) is 0 Å². The maximum atomic E-state index is 12.0. The Labute approximate surface area is 122 Å². The number of fused-ring (bicyclic) bond motifs is 1. The van der Waals surface area contributed by atoms with Crippen molar-refractivity contribution in [3.63, 3.8) is 0 Å². The number of rotatable bonds is 6. The molecule has 0 aliphatic rings. The van der Waals surface area contributed by atoms with Gasteiger partial charge in [-0.15, -0.1) is 0 Å². The number of amides is 1. The van der Waals surface area contributed by atoms with Gasteiger partial charge < -0.3 is 15.5 Å². The van der Waals surface area contributed by atoms with E-state index in [1.807, 2.05) is 0 Å². The first-order valence-electron chi connectivity index (χ1n) is 7.10. The number of H-pyrrole nitrogens is 1. The highest BCUT2D eigenvalue weighted by Crippen LogP contribution is 2.18. The lowest BCUT2D eigenvalue weighted by molar-refractivity contribution is -0.117. The highest BCUT2D eigenvalue weighted by Gasteiger charge is 2.14. The van der Waals surface area contributed by atoms with Gasteiger partial charge >= 0.3 is 5.76 Å². The van der Waals surface area contributed by atoms with Crippen molar-refractivity contribution in [2.24, 2.45) is 17.6 Å². The van der Waals surface area contributed by atoms with E-state index in [2.05, 4.69) is 24.1 Å². The van der Waals surface area contributed by atoms with Crippen LogP contribution in [0.15, 0.2) is 27.4 Å². The summed E-state index contributed by atoms with van der Waals surface area (Å²) in [7, 11) is 0. The third kappa shape index (κ3) is 4.19. The van der Waals surface area contributed by atoms with Crippen LogP contribution in [-0.2, 0) is 4.79 Å². The van der Waals surface area contributed by atoms with Crippen molar-refractivity contribution in [3.8, 4) is 0 Å². The molecular weight excluding hydrogens is 270 g/mol. The Bertz CT molecular complexity index is 672. The SMILES string of the molecule is CC(C)CC(CN)CC(=O)Nc1ccc2oc(=O)[nH]c2c1. The third-order valence-corrected chi connectivity index (χ3v) is 3.31. The lowest BCUT2D eigenvalue weighted by Gasteiger charge is -2.16. The predicted molar refractivity (Wildman–Crippen MR) is 82.1 cm³/mol. The summed E-state index contributed by atoms with van der Waals surface area (Å²) in [4.78, 5) is 25.7. The molecule has 1 aromatic carbocycles. The van der Waals surface area contributed by atoms with Gasteiger partial charge in [0.2, 0.25) is 5.91 Å². The van der Waals surface area contributed by atoms with Crippen LogP contribution in [0.5, 0.6) is 0 Å². The van der Waals surface area contributed by atoms with E-state index in [4.69, 9.17) is 10.2 Å². The molecule has 2 rings (SSSR count). The Kier molecular flexibility index (Phi) is 4.80. The van der Waals surface area contributed by atoms with Crippen LogP contribution in [-0.4, -0.2) is 17.4 Å². The molecule has 0 saturated heterocycles. The van der Waals surface area contributed by atoms with E-state index in [1.165, 1.54) is 0 Å². The summed E-state index contributed by atoms with van der Waals surface area (Å²) >= 11 is 0. The molecule has 0 fully saturated rings. The van der Waals surface area contributed by atoms with Gasteiger partial charge in [-0.1, -0.05) is 13.8 Å². The van der Waals surface area contributed by atoms with E-state index < -0.39 is 5.76 Å². The molecule has 1 heterocycles. The van der Waals surface area contributed by atoms with Crippen molar-refractivity contribution in [2.75, 3.05) is 11.9 Å². The van der Waals surface area contributed by atoms with Crippen molar-refractivity contribution in [1.29, 1.82) is 0 Å². The fourth-order valence-corrected chi connectivity index (χ4v) is 2.43. The van der Waals surface area contributed by atoms with Gasteiger partial charge in [-0.2, -0.15) is 0 Å². The summed E-state index contributed by atoms with van der Waals surface area (Å²) in [5.41, 5.74) is 7.37. The molecule has 6 heteroatoms. The lowest BCUT2D eigenvalue weighted by Crippen LogP contribution is -2.23. The normalized spacial score (nSPS) is 12.8. The number of nitrogens with one attached hydrogen (secondary N) is 2. The zero-order chi connectivity index (χ0) is 15.4. The molecule has 0 radical (unpaired) electrons. The van der Waals surface area contributed by atoms with Crippen molar-refractivity contribution >= 4 is 22.7 Å². The summed E-state index contributed by atoms with van der Waals surface area (Å²) in [6.07, 6.45) is 1.33. The average Bonchev–Trinajstić information content (AvgIpc) is 2.76. The molecule has 1 atom stereocenters. The van der Waals surface area contributed by atoms with Crippen LogP contribution in [0.4, 0.5) is 5.69 Å². The minimum atomic E-state index is -0.506. The van der Waals surface area contributed by atoms with Crippen molar-refractivity contribution in [1.82, 2.24) is 4.98 Å². The molecule has 0 aliphatic carbocycles. The van der Waals surface area contributed by atoms with Crippen LogP contribution < -0.4 is 16.8 Å². The summed E-state index contributed by atoms with van der Waals surface area (Å²) in [5.74, 6) is 0.117. The number of anilines is 1. The Hall–Kier alpha value is -2.08. The average molecular weight is 291 g/mol. The standard InChI is InChI=1S/C15H21N3O3/c1-9(2)5-10(8-16)6-14(19)17-11-3-4-13-12(7-11)18-15(20)21-13/h3-4,7,9-10H,5-6,8,16H2,1-2H3,(H,17,19)(H,18,20). The maximum absolute atomic E-state index is 12.0. The van der Waals surface area contributed by atoms with E-state index in [1.54, 1.807) is 18.2 Å². The van der Waals surface area contributed by atoms with E-state index in [9.17, 15) is 9.59 Å². The summed E-state index contributed by atoms with van der Waals surface area (Å²) in [5, 5.41) is 2.82. The molecule has 4 N–H and O–H groups in total. The second-order valence-corrected chi connectivity index (χ2v) is 5.71. The fraction of sp³-hybridized carbons (Fsp3) is 0.467. The highest BCUT2D eigenvalue weighted by atomic mass is 16.4. The fourth-order valence-electron chi connectivity index (χ4n) is 2.43. The Balaban J connectivity index is 2.01. The van der Waals surface area contributed by atoms with Crippen LogP contribution in [0.3, 0.4) is 0 Å². The van der Waals surface area contributed by atoms with Crippen molar-refractivity contribution < 1.29 is 9.21 Å². The molecule has 1 amide bonds. The first-order valence-corrected chi connectivity index (χ1v) is 7.10. The van der Waals surface area contributed by atoms with Crippen molar-refractivity contribution in [3.05, 3.63) is 28.7 Å². The molecule has 6 nitrogen and oxygen atoms in total. The predicted octanol–water partition coefficient (Wildman–Crippen LogP) is 2.07. The number of aromatic nitrogens is 1. The number of hydrogen-bond acceptors (Lipinski definition) is 4. The van der Waals surface area contributed by atoms with E-state index in [-0.39, 0.29) is 11.8 Å². The molecule has 0 bridgehead atoms. The minimum Gasteiger partial charge on any atom is -0.408 e. The molecule has 0 spiro atoms. The van der Waals surface area contributed by atoms with E-state index in [0.29, 0.717) is 35.7 Å². The summed E-state index contributed by atoms with van der Waals surface area (Å²) in [6, 6.07) is 5.03. The molecule has 1 aromatic heterocycles. The number of carbonyl (C=O) groups is 1. The van der Waals surface area contributed by atoms with Gasteiger partial charge in [0.25, 0.3) is 0 Å². The molecule has 0 aliphatic heterocycles. The lowest BCUT2D eigenvalue weighted by atomic mass is 9.94. The Morgan fingerprint density at radius 1 is 1.43 bits per heavy atom. The number of hydrogen-bond donors (Lipinski definition) is 3. The van der Waals surface area contributed by atoms with E-state index >= 15 is 0 Å². The minimum absolute atomic E-state index is 0.0729. The number of oxazole rings is 1. The smallest absolute Gasteiger partial charge is 0.408 e. The monoisotopic (exact) mass is 291 g/mol. The van der Waals surface area contributed by atoms with Crippen molar-refractivity contribution in [2.45, 2.75) is 26.7 Å². The van der Waals surface area contributed by atoms with Gasteiger partial charge in [0, 0.05) is 12.1 Å². The summed E-state index contributed by atoms with van der Waals surface area (Å²) < 4.78 is 4.91. The summed E-state index contributed by atoms with van der Waals surface area (Å²) in [6.45, 7) is 4.73. The highest BCUT2D eigenvalue weighted by molar-refractivity contribution is 5.92. The zero-order valence-electron chi connectivity index (χ0n) is 12.3. The quantitative estimate of drug-likeness (QED) is 0.758. The van der Waals surface area contributed by atoms with Gasteiger partial charge in [0.05, 0.1) is 5.52 Å². The maximum Gasteiger partial charge on any atom is 0.417 e.